The number of hydrogen-bond acceptors (Lipinski definition) is 5. The second kappa shape index (κ2) is 7.66. The number of methoxy groups -OCH3 is 1. The molecule has 0 aliphatic carbocycles. The molecule has 6 heteroatoms. The molecule has 1 heterocycles. The van der Waals surface area contributed by atoms with E-state index in [1.165, 1.54) is 0 Å². The van der Waals surface area contributed by atoms with Crippen molar-refractivity contribution in [2.24, 2.45) is 0 Å². The number of halogens is 1. The summed E-state index contributed by atoms with van der Waals surface area (Å²) < 4.78 is 16.6. The van der Waals surface area contributed by atoms with Gasteiger partial charge in [-0.25, -0.2) is 0 Å². The van der Waals surface area contributed by atoms with Crippen LogP contribution in [0.15, 0.2) is 48.5 Å². The summed E-state index contributed by atoms with van der Waals surface area (Å²) in [6.07, 6.45) is -0.722. The molecular weight excluding hydrogens is 354 g/mol. The Hall–Kier alpha value is -2.08. The van der Waals surface area contributed by atoms with Crippen LogP contribution in [0, 0.1) is 0 Å². The number of ether oxygens (including phenoxy) is 3. The van der Waals surface area contributed by atoms with Crippen molar-refractivity contribution in [3.8, 4) is 5.75 Å². The Morgan fingerprint density at radius 1 is 1.19 bits per heavy atom. The predicted molar refractivity (Wildman–Crippen MR) is 101 cm³/mol. The third-order valence-corrected chi connectivity index (χ3v) is 4.59. The first-order chi connectivity index (χ1) is 12.4. The summed E-state index contributed by atoms with van der Waals surface area (Å²) in [6.45, 7) is 3.59. The molecule has 1 fully saturated rings. The van der Waals surface area contributed by atoms with Gasteiger partial charge in [-0.2, -0.15) is 0 Å². The van der Waals surface area contributed by atoms with E-state index in [0.717, 1.165) is 17.0 Å². The van der Waals surface area contributed by atoms with E-state index < -0.39 is 17.9 Å². The summed E-state index contributed by atoms with van der Waals surface area (Å²) >= 11 is 6.41. The molecule has 0 radical (unpaired) electrons. The molecule has 1 aliphatic rings. The number of hydrogen-bond donors (Lipinski definition) is 1. The highest BCUT2D eigenvalue weighted by Gasteiger charge is 2.41. The van der Waals surface area contributed by atoms with Crippen LogP contribution in [0.5, 0.6) is 5.75 Å². The van der Waals surface area contributed by atoms with Crippen LogP contribution in [0.1, 0.15) is 25.5 Å². The molecule has 0 amide bonds. The van der Waals surface area contributed by atoms with Crippen molar-refractivity contribution in [1.82, 2.24) is 0 Å². The molecule has 1 N–H and O–H groups in total. The zero-order valence-corrected chi connectivity index (χ0v) is 15.7. The van der Waals surface area contributed by atoms with Gasteiger partial charge in [-0.15, -0.1) is 0 Å². The van der Waals surface area contributed by atoms with Gasteiger partial charge in [0.05, 0.1) is 13.2 Å². The summed E-state index contributed by atoms with van der Waals surface area (Å²) in [5.41, 5.74) is 1.62. The number of Topliss-reactive ketones (excluding diaryl/α,β-unsaturated/α-hetero) is 1. The summed E-state index contributed by atoms with van der Waals surface area (Å²) in [4.78, 5) is 12.5. The molecule has 26 heavy (non-hydrogen) atoms. The molecule has 1 saturated heterocycles. The lowest BCUT2D eigenvalue weighted by Crippen LogP contribution is -2.50. The first kappa shape index (κ1) is 18.7. The Morgan fingerprint density at radius 3 is 2.54 bits per heavy atom. The third kappa shape index (κ3) is 4.18. The topological polar surface area (TPSA) is 56.8 Å². The highest BCUT2D eigenvalue weighted by atomic mass is 35.5. The van der Waals surface area contributed by atoms with Gasteiger partial charge in [0.25, 0.3) is 0 Å². The molecule has 0 bridgehead atoms. The Balaban J connectivity index is 1.96. The van der Waals surface area contributed by atoms with E-state index in [0.29, 0.717) is 5.02 Å². The van der Waals surface area contributed by atoms with Crippen LogP contribution in [0.25, 0.3) is 0 Å². The quantitative estimate of drug-likeness (QED) is 0.847. The van der Waals surface area contributed by atoms with Gasteiger partial charge in [-0.1, -0.05) is 29.8 Å². The Bertz CT molecular complexity index is 776. The minimum absolute atomic E-state index is 0.00289. The minimum Gasteiger partial charge on any atom is -0.497 e. The van der Waals surface area contributed by atoms with Gasteiger partial charge >= 0.3 is 0 Å². The van der Waals surface area contributed by atoms with Crippen molar-refractivity contribution in [2.75, 3.05) is 19.0 Å². The number of carbonyl (C=O) groups excluding carboxylic acids is 1. The lowest BCUT2D eigenvalue weighted by Gasteiger charge is -2.39. The van der Waals surface area contributed by atoms with Crippen molar-refractivity contribution < 1.29 is 19.0 Å². The van der Waals surface area contributed by atoms with Crippen LogP contribution in [-0.2, 0) is 14.3 Å². The zero-order valence-electron chi connectivity index (χ0n) is 15.0. The molecule has 0 saturated carbocycles. The van der Waals surface area contributed by atoms with Gasteiger partial charge in [-0.05, 0) is 49.7 Å². The number of benzene rings is 2. The van der Waals surface area contributed by atoms with Gasteiger partial charge in [0.15, 0.2) is 11.6 Å². The monoisotopic (exact) mass is 375 g/mol. The van der Waals surface area contributed by atoms with E-state index in [-0.39, 0.29) is 12.4 Å². The fourth-order valence-corrected chi connectivity index (χ4v) is 3.15. The average Bonchev–Trinajstić information content (AvgIpc) is 2.63. The van der Waals surface area contributed by atoms with Crippen molar-refractivity contribution >= 4 is 23.1 Å². The van der Waals surface area contributed by atoms with Crippen LogP contribution >= 0.6 is 11.6 Å². The molecule has 2 aromatic carbocycles. The van der Waals surface area contributed by atoms with Crippen molar-refractivity contribution in [2.45, 2.75) is 31.8 Å². The number of carbonyl (C=O) groups is 1. The highest BCUT2D eigenvalue weighted by molar-refractivity contribution is 6.31. The smallest absolute Gasteiger partial charge is 0.189 e. The summed E-state index contributed by atoms with van der Waals surface area (Å²) in [5.74, 6) is -0.223. The molecule has 3 rings (SSSR count). The maximum atomic E-state index is 12.5. The van der Waals surface area contributed by atoms with E-state index >= 15 is 0 Å². The minimum atomic E-state index is -0.848. The fraction of sp³-hybridized carbons (Fsp3) is 0.350. The Morgan fingerprint density at radius 2 is 1.88 bits per heavy atom. The van der Waals surface area contributed by atoms with Crippen molar-refractivity contribution in [3.05, 3.63) is 59.1 Å². The van der Waals surface area contributed by atoms with Gasteiger partial charge in [0, 0.05) is 10.7 Å². The second-order valence-corrected chi connectivity index (χ2v) is 6.97. The molecule has 0 unspecified atom stereocenters. The molecule has 1 aliphatic heterocycles. The maximum absolute atomic E-state index is 12.5. The molecular formula is C20H22ClNO4. The number of nitrogens with one attached hydrogen (secondary N) is 1. The van der Waals surface area contributed by atoms with Crippen molar-refractivity contribution in [3.63, 3.8) is 0 Å². The van der Waals surface area contributed by atoms with E-state index in [2.05, 4.69) is 5.32 Å². The molecule has 138 valence electrons. The van der Waals surface area contributed by atoms with E-state index in [1.807, 2.05) is 42.5 Å². The zero-order chi connectivity index (χ0) is 18.7. The fourth-order valence-electron chi connectivity index (χ4n) is 2.90. The first-order valence-electron chi connectivity index (χ1n) is 8.39. The van der Waals surface area contributed by atoms with Gasteiger partial charge in [0.1, 0.15) is 18.5 Å². The Kier molecular flexibility index (Phi) is 5.51. The van der Waals surface area contributed by atoms with Gasteiger partial charge in [0.2, 0.25) is 0 Å². The number of ketones is 1. The van der Waals surface area contributed by atoms with E-state index in [9.17, 15) is 4.79 Å². The SMILES string of the molecule is COc1ccc(N[C@H](c2ccccc2Cl)[C@@H]2OC(C)(C)OCC2=O)cc1. The van der Waals surface area contributed by atoms with E-state index in [1.54, 1.807) is 27.0 Å². The summed E-state index contributed by atoms with van der Waals surface area (Å²) in [6, 6.07) is 14.5. The van der Waals surface area contributed by atoms with Crippen LogP contribution in [0.2, 0.25) is 5.02 Å². The van der Waals surface area contributed by atoms with Crippen LogP contribution in [0.4, 0.5) is 5.69 Å². The van der Waals surface area contributed by atoms with Crippen LogP contribution < -0.4 is 10.1 Å². The first-order valence-corrected chi connectivity index (χ1v) is 8.77. The molecule has 0 spiro atoms. The molecule has 2 aromatic rings. The van der Waals surface area contributed by atoms with Crippen LogP contribution in [0.3, 0.4) is 0 Å². The summed E-state index contributed by atoms with van der Waals surface area (Å²) in [7, 11) is 1.62. The van der Waals surface area contributed by atoms with E-state index in [4.69, 9.17) is 25.8 Å². The molecule has 0 aromatic heterocycles. The lowest BCUT2D eigenvalue weighted by atomic mass is 9.96. The van der Waals surface area contributed by atoms with Crippen molar-refractivity contribution in [1.29, 1.82) is 0 Å². The second-order valence-electron chi connectivity index (χ2n) is 6.57. The largest absolute Gasteiger partial charge is 0.497 e. The maximum Gasteiger partial charge on any atom is 0.189 e. The number of anilines is 1. The summed E-state index contributed by atoms with van der Waals surface area (Å²) in [5, 5.41) is 3.95. The average molecular weight is 376 g/mol. The Labute approximate surface area is 158 Å². The number of rotatable bonds is 5. The molecule has 5 nitrogen and oxygen atoms in total. The predicted octanol–water partition coefficient (Wildman–Crippen LogP) is 4.22. The normalized spacial score (nSPS) is 20.5. The van der Waals surface area contributed by atoms with Crippen LogP contribution in [-0.4, -0.2) is 31.4 Å². The van der Waals surface area contributed by atoms with Gasteiger partial charge in [-0.3, -0.25) is 4.79 Å². The third-order valence-electron chi connectivity index (χ3n) is 4.25. The lowest BCUT2D eigenvalue weighted by molar-refractivity contribution is -0.260. The van der Waals surface area contributed by atoms with Gasteiger partial charge < -0.3 is 19.5 Å². The molecule has 2 atom stereocenters. The standard InChI is InChI=1S/C20H22ClNO4/c1-20(2)25-12-17(23)19(26-20)18(15-6-4-5-7-16(15)21)22-13-8-10-14(24-3)11-9-13/h4-11,18-19,22H,12H2,1-3H3/t18-,19-/m1/s1. The highest BCUT2D eigenvalue weighted by Crippen LogP contribution is 2.34.